The van der Waals surface area contributed by atoms with Crippen LogP contribution < -0.4 is 16.4 Å². The number of nitrogens with one attached hydrogen (secondary N) is 2. The predicted octanol–water partition coefficient (Wildman–Crippen LogP) is 4.10. The lowest BCUT2D eigenvalue weighted by molar-refractivity contribution is -0.215. The number of hydrogen-bond donors (Lipinski definition) is 4. The molecule has 1 aromatic rings. The molecule has 5 N–H and O–H groups in total. The Morgan fingerprint density at radius 3 is 2.29 bits per heavy atom. The first-order valence-corrected chi connectivity index (χ1v) is 11.5. The number of hydrogen-bond acceptors (Lipinski definition) is 4. The minimum Gasteiger partial charge on any atom is -0.382 e. The van der Waals surface area contributed by atoms with Gasteiger partial charge in [0.1, 0.15) is 6.04 Å². The first-order chi connectivity index (χ1) is 16.2. The fourth-order valence-corrected chi connectivity index (χ4v) is 3.36. The number of allylic oxidation sites excluding steroid dienone is 3. The van der Waals surface area contributed by atoms with Gasteiger partial charge in [0.15, 0.2) is 6.10 Å². The van der Waals surface area contributed by atoms with E-state index < -0.39 is 48.1 Å². The van der Waals surface area contributed by atoms with E-state index >= 15 is 0 Å². The first-order valence-electron chi connectivity index (χ1n) is 10.7. The highest BCUT2D eigenvalue weighted by Gasteiger charge is 2.45. The third-order valence-electron chi connectivity index (χ3n) is 5.01. The van der Waals surface area contributed by atoms with E-state index in [1.165, 1.54) is 19.9 Å². The quantitative estimate of drug-likeness (QED) is 0.320. The summed E-state index contributed by atoms with van der Waals surface area (Å²) in [7, 11) is 0. The highest BCUT2D eigenvalue weighted by molar-refractivity contribution is 6.42. The van der Waals surface area contributed by atoms with Gasteiger partial charge in [0.2, 0.25) is 11.8 Å². The van der Waals surface area contributed by atoms with Crippen molar-refractivity contribution in [3.8, 4) is 0 Å². The number of alkyl halides is 3. The van der Waals surface area contributed by atoms with Gasteiger partial charge in [0, 0.05) is 0 Å². The molecule has 0 unspecified atom stereocenters. The molecule has 6 nitrogen and oxygen atoms in total. The summed E-state index contributed by atoms with van der Waals surface area (Å²) in [5, 5.41) is 15.0. The van der Waals surface area contributed by atoms with Crippen molar-refractivity contribution >= 4 is 35.0 Å². The maximum Gasteiger partial charge on any atom is 0.416 e. The number of carbonyl (C=O) groups excluding carboxylic acids is 2. The fourth-order valence-electron chi connectivity index (χ4n) is 3.04. The summed E-state index contributed by atoms with van der Waals surface area (Å²) in [6.45, 7) is 8.35. The van der Waals surface area contributed by atoms with Gasteiger partial charge in [0.05, 0.1) is 22.1 Å². The van der Waals surface area contributed by atoms with Crippen LogP contribution >= 0.6 is 23.2 Å². The van der Waals surface area contributed by atoms with Crippen LogP contribution in [-0.2, 0) is 16.0 Å². The van der Waals surface area contributed by atoms with Crippen LogP contribution in [0, 0.1) is 5.92 Å². The van der Waals surface area contributed by atoms with E-state index in [0.717, 1.165) is 0 Å². The smallest absolute Gasteiger partial charge is 0.382 e. The lowest BCUT2D eigenvalue weighted by atomic mass is 9.96. The monoisotopic (exact) mass is 535 g/mol. The minimum atomic E-state index is -4.95. The number of benzene rings is 1. The van der Waals surface area contributed by atoms with Gasteiger partial charge < -0.3 is 21.5 Å². The van der Waals surface area contributed by atoms with E-state index in [4.69, 9.17) is 28.9 Å². The first kappa shape index (κ1) is 30.7. The predicted molar refractivity (Wildman–Crippen MR) is 132 cm³/mol. The summed E-state index contributed by atoms with van der Waals surface area (Å²) in [6, 6.07) is 0.523. The Balaban J connectivity index is 3.12. The minimum absolute atomic E-state index is 0.0549. The lowest BCUT2D eigenvalue weighted by Gasteiger charge is -2.31. The molecular weight excluding hydrogens is 506 g/mol. The molecule has 0 aliphatic carbocycles. The molecule has 0 spiro atoms. The normalized spacial score (nSPS) is 15.7. The largest absolute Gasteiger partial charge is 0.416 e. The maximum atomic E-state index is 13.1. The Hall–Kier alpha value is -2.33. The van der Waals surface area contributed by atoms with Crippen molar-refractivity contribution in [3.63, 3.8) is 0 Å². The van der Waals surface area contributed by atoms with E-state index in [1.807, 2.05) is 0 Å². The molecule has 0 aliphatic heterocycles. The van der Waals surface area contributed by atoms with Crippen LogP contribution in [0.5, 0.6) is 0 Å². The SMILES string of the molecule is C=C(/C=C\C=C/C)[C@H](NC(=O)[C@@H](N)Cc1ccc(Cl)c(Cl)c1)C(=O)N[C@@H](C(C)C)[C@H](O)C(F)(F)F. The summed E-state index contributed by atoms with van der Waals surface area (Å²) in [5.41, 5.74) is 6.71. The molecule has 0 fully saturated rings. The van der Waals surface area contributed by atoms with Crippen LogP contribution in [0.15, 0.2) is 54.7 Å². The van der Waals surface area contributed by atoms with Gasteiger partial charge in [-0.3, -0.25) is 9.59 Å². The molecule has 11 heteroatoms. The van der Waals surface area contributed by atoms with Gasteiger partial charge in [-0.05, 0) is 42.5 Å². The zero-order valence-electron chi connectivity index (χ0n) is 19.6. The van der Waals surface area contributed by atoms with Crippen LogP contribution in [0.3, 0.4) is 0 Å². The molecule has 0 saturated carbocycles. The number of aliphatic hydroxyl groups is 1. The summed E-state index contributed by atoms with van der Waals surface area (Å²) in [6.07, 6.45) is -1.37. The van der Waals surface area contributed by atoms with Gasteiger partial charge in [-0.1, -0.05) is 74.0 Å². The van der Waals surface area contributed by atoms with Gasteiger partial charge in [-0.2, -0.15) is 13.2 Å². The van der Waals surface area contributed by atoms with Crippen LogP contribution in [0.4, 0.5) is 13.2 Å². The fraction of sp³-hybridized carbons (Fsp3) is 0.417. The Morgan fingerprint density at radius 2 is 1.77 bits per heavy atom. The molecular formula is C24H30Cl2F3N3O3. The molecule has 4 atom stereocenters. The van der Waals surface area contributed by atoms with Crippen molar-refractivity contribution in [1.29, 1.82) is 0 Å². The van der Waals surface area contributed by atoms with E-state index in [2.05, 4.69) is 17.2 Å². The van der Waals surface area contributed by atoms with Crippen molar-refractivity contribution in [1.82, 2.24) is 10.6 Å². The second-order valence-corrected chi connectivity index (χ2v) is 9.04. The molecule has 0 aliphatic rings. The molecule has 1 rings (SSSR count). The number of nitrogens with two attached hydrogens (primary N) is 1. The van der Waals surface area contributed by atoms with E-state index in [0.29, 0.717) is 10.6 Å². The Bertz CT molecular complexity index is 965. The van der Waals surface area contributed by atoms with Gasteiger partial charge in [-0.25, -0.2) is 0 Å². The number of rotatable bonds is 11. The van der Waals surface area contributed by atoms with Crippen LogP contribution in [0.2, 0.25) is 10.0 Å². The van der Waals surface area contributed by atoms with Crippen molar-refractivity contribution in [3.05, 3.63) is 70.3 Å². The highest BCUT2D eigenvalue weighted by atomic mass is 35.5. The highest BCUT2D eigenvalue weighted by Crippen LogP contribution is 2.26. The van der Waals surface area contributed by atoms with Crippen LogP contribution in [-0.4, -0.2) is 47.3 Å². The van der Waals surface area contributed by atoms with Crippen LogP contribution in [0.1, 0.15) is 26.3 Å². The Kier molecular flexibility index (Phi) is 12.0. The van der Waals surface area contributed by atoms with Crippen LogP contribution in [0.25, 0.3) is 0 Å². The molecule has 0 saturated heterocycles. The van der Waals surface area contributed by atoms with Crippen molar-refractivity contribution in [2.45, 2.75) is 57.6 Å². The summed E-state index contributed by atoms with van der Waals surface area (Å²) < 4.78 is 39.3. The summed E-state index contributed by atoms with van der Waals surface area (Å²) in [4.78, 5) is 25.7. The molecule has 1 aromatic carbocycles. The third kappa shape index (κ3) is 9.68. The zero-order valence-corrected chi connectivity index (χ0v) is 21.1. The van der Waals surface area contributed by atoms with E-state index in [9.17, 15) is 27.9 Å². The second-order valence-electron chi connectivity index (χ2n) is 8.23. The third-order valence-corrected chi connectivity index (χ3v) is 5.75. The Labute approximate surface area is 213 Å². The molecule has 194 valence electrons. The van der Waals surface area contributed by atoms with Crippen molar-refractivity contribution < 1.29 is 27.9 Å². The Morgan fingerprint density at radius 1 is 1.14 bits per heavy atom. The molecule has 0 aromatic heterocycles. The summed E-state index contributed by atoms with van der Waals surface area (Å²) in [5.74, 6) is -2.48. The van der Waals surface area contributed by atoms with E-state index in [1.54, 1.807) is 43.4 Å². The topological polar surface area (TPSA) is 104 Å². The standard InChI is InChI=1S/C24H30Cl2F3N3O3/c1-5-6-7-8-14(4)20(23(35)31-19(13(2)3)21(33)24(27,28)29)32-22(34)18(30)12-15-9-10-16(25)17(26)11-15/h5-11,13,18-21,33H,4,12,30H2,1-3H3,(H,31,35)(H,32,34)/b6-5-,8-7-/t18-,19-,20-,21-/m0/s1. The molecule has 35 heavy (non-hydrogen) atoms. The number of carbonyl (C=O) groups is 2. The number of amides is 2. The van der Waals surface area contributed by atoms with Crippen molar-refractivity contribution in [2.75, 3.05) is 0 Å². The number of aliphatic hydroxyl groups excluding tert-OH is 1. The zero-order chi connectivity index (χ0) is 26.9. The second kappa shape index (κ2) is 13.7. The molecule has 2 amide bonds. The summed E-state index contributed by atoms with van der Waals surface area (Å²) >= 11 is 11.9. The molecule has 0 radical (unpaired) electrons. The average molecular weight is 536 g/mol. The van der Waals surface area contributed by atoms with Gasteiger partial charge >= 0.3 is 6.18 Å². The lowest BCUT2D eigenvalue weighted by Crippen LogP contribution is -2.58. The molecule has 0 bridgehead atoms. The molecule has 0 heterocycles. The average Bonchev–Trinajstić information content (AvgIpc) is 2.76. The number of halogens is 5. The maximum absolute atomic E-state index is 13.1. The van der Waals surface area contributed by atoms with Crippen molar-refractivity contribution in [2.24, 2.45) is 11.7 Å². The van der Waals surface area contributed by atoms with E-state index in [-0.39, 0.29) is 17.0 Å². The van der Waals surface area contributed by atoms with Gasteiger partial charge in [0.25, 0.3) is 0 Å². The van der Waals surface area contributed by atoms with Gasteiger partial charge in [-0.15, -0.1) is 0 Å².